The molecule has 0 N–H and O–H groups in total. The molecule has 0 aromatic rings. The maximum Gasteiger partial charge on any atom is -0.0395 e. The van der Waals surface area contributed by atoms with E-state index in [4.69, 9.17) is 0 Å². The third kappa shape index (κ3) is 9.05. The zero-order chi connectivity index (χ0) is 11.4. The maximum atomic E-state index is 2.12. The molecule has 0 aliphatic carbocycles. The third-order valence-electron chi connectivity index (χ3n) is 1.70. The van der Waals surface area contributed by atoms with Crippen LogP contribution in [0.25, 0.3) is 0 Å². The van der Waals surface area contributed by atoms with E-state index < -0.39 is 0 Å². The van der Waals surface area contributed by atoms with Gasteiger partial charge in [-0.05, 0) is 38.8 Å². The standard InChI is InChI=1S/C12H18.C2H6/c1-5-7-9-11(3)12(4)10-8-6-2;1-2/h5-10H,1-4H3;1-2H3/b7-5-,8-6-,11-9+,12-10+;. The van der Waals surface area contributed by atoms with E-state index in [1.807, 2.05) is 39.8 Å². The molecule has 0 unspecified atom stereocenters. The van der Waals surface area contributed by atoms with Crippen LogP contribution in [0.1, 0.15) is 41.5 Å². The van der Waals surface area contributed by atoms with Crippen molar-refractivity contribution in [3.63, 3.8) is 0 Å². The van der Waals surface area contributed by atoms with Gasteiger partial charge >= 0.3 is 0 Å². The predicted octanol–water partition coefficient (Wildman–Crippen LogP) is 5.06. The van der Waals surface area contributed by atoms with E-state index in [-0.39, 0.29) is 0 Å². The molecule has 0 aromatic carbocycles. The molecule has 0 atom stereocenters. The Labute approximate surface area is 89.7 Å². The molecule has 0 aliphatic heterocycles. The molecule has 80 valence electrons. The van der Waals surface area contributed by atoms with Crippen LogP contribution in [0.2, 0.25) is 0 Å². The molecule has 0 spiro atoms. The summed E-state index contributed by atoms with van der Waals surface area (Å²) in [4.78, 5) is 0. The van der Waals surface area contributed by atoms with Gasteiger partial charge in [0.1, 0.15) is 0 Å². The fraction of sp³-hybridized carbons (Fsp3) is 0.429. The minimum atomic E-state index is 1.31. The van der Waals surface area contributed by atoms with Crippen LogP contribution in [0.5, 0.6) is 0 Å². The van der Waals surface area contributed by atoms with Gasteiger partial charge in [-0.1, -0.05) is 50.3 Å². The van der Waals surface area contributed by atoms with E-state index in [9.17, 15) is 0 Å². The minimum Gasteiger partial charge on any atom is -0.0877 e. The average molecular weight is 192 g/mol. The predicted molar refractivity (Wildman–Crippen MR) is 68.5 cm³/mol. The fourth-order valence-corrected chi connectivity index (χ4v) is 0.744. The lowest BCUT2D eigenvalue weighted by Gasteiger charge is -1.96. The van der Waals surface area contributed by atoms with E-state index in [1.54, 1.807) is 0 Å². The monoisotopic (exact) mass is 192 g/mol. The topological polar surface area (TPSA) is 0 Å². The van der Waals surface area contributed by atoms with Crippen LogP contribution >= 0.6 is 0 Å². The Morgan fingerprint density at radius 3 is 1.21 bits per heavy atom. The molecule has 0 amide bonds. The number of rotatable bonds is 3. The molecule has 0 saturated heterocycles. The normalized spacial score (nSPS) is 13.3. The molecule has 0 heterocycles. The highest BCUT2D eigenvalue weighted by atomic mass is 13.9. The van der Waals surface area contributed by atoms with Crippen molar-refractivity contribution < 1.29 is 0 Å². The molecule has 14 heavy (non-hydrogen) atoms. The lowest BCUT2D eigenvalue weighted by atomic mass is 10.1. The smallest absolute Gasteiger partial charge is 0.0395 e. The zero-order valence-corrected chi connectivity index (χ0v) is 10.5. The van der Waals surface area contributed by atoms with Gasteiger partial charge in [-0.15, -0.1) is 0 Å². The summed E-state index contributed by atoms with van der Waals surface area (Å²) >= 11 is 0. The van der Waals surface area contributed by atoms with Gasteiger partial charge in [0.25, 0.3) is 0 Å². The summed E-state index contributed by atoms with van der Waals surface area (Å²) < 4.78 is 0. The van der Waals surface area contributed by atoms with Gasteiger partial charge in [0.15, 0.2) is 0 Å². The molecule has 0 aliphatic rings. The molecular weight excluding hydrogens is 168 g/mol. The molecule has 0 aromatic heterocycles. The molecule has 0 heteroatoms. The number of hydrogen-bond acceptors (Lipinski definition) is 0. The van der Waals surface area contributed by atoms with Crippen molar-refractivity contribution in [1.29, 1.82) is 0 Å². The van der Waals surface area contributed by atoms with Gasteiger partial charge in [0, 0.05) is 0 Å². The molecule has 0 bridgehead atoms. The van der Waals surface area contributed by atoms with E-state index in [0.29, 0.717) is 0 Å². The summed E-state index contributed by atoms with van der Waals surface area (Å²) in [5.74, 6) is 0. The molecule has 0 radical (unpaired) electrons. The van der Waals surface area contributed by atoms with Gasteiger partial charge < -0.3 is 0 Å². The minimum absolute atomic E-state index is 1.31. The first-order valence-corrected chi connectivity index (χ1v) is 5.32. The van der Waals surface area contributed by atoms with Crippen LogP contribution in [0, 0.1) is 0 Å². The van der Waals surface area contributed by atoms with Crippen LogP contribution in [-0.4, -0.2) is 0 Å². The molecule has 0 fully saturated rings. The lowest BCUT2D eigenvalue weighted by Crippen LogP contribution is -1.76. The fourth-order valence-electron chi connectivity index (χ4n) is 0.744. The van der Waals surface area contributed by atoms with Gasteiger partial charge in [0.2, 0.25) is 0 Å². The summed E-state index contributed by atoms with van der Waals surface area (Å²) in [6.07, 6.45) is 12.4. The van der Waals surface area contributed by atoms with Crippen LogP contribution in [0.3, 0.4) is 0 Å². The first kappa shape index (κ1) is 15.4. The summed E-state index contributed by atoms with van der Waals surface area (Å²) in [5.41, 5.74) is 2.62. The summed E-state index contributed by atoms with van der Waals surface area (Å²) in [6.45, 7) is 12.3. The first-order chi connectivity index (χ1) is 6.72. The molecule has 0 rings (SSSR count). The van der Waals surface area contributed by atoms with Crippen LogP contribution in [0.15, 0.2) is 47.6 Å². The number of hydrogen-bond donors (Lipinski definition) is 0. The van der Waals surface area contributed by atoms with Crippen molar-refractivity contribution in [1.82, 2.24) is 0 Å². The highest BCUT2D eigenvalue weighted by Gasteiger charge is 1.87. The SMILES string of the molecule is CC.C\C=C/C=C(C)/C(C)=C/C=C\C. The Kier molecular flexibility index (Phi) is 13.2. The summed E-state index contributed by atoms with van der Waals surface area (Å²) in [5, 5.41) is 0. The van der Waals surface area contributed by atoms with Gasteiger partial charge in [0.05, 0.1) is 0 Å². The largest absolute Gasteiger partial charge is 0.0877 e. The average Bonchev–Trinajstić information content (AvgIpc) is 2.25. The second-order valence-electron chi connectivity index (χ2n) is 2.75. The number of allylic oxidation sites excluding steroid dienone is 8. The van der Waals surface area contributed by atoms with Crippen LogP contribution in [0.4, 0.5) is 0 Å². The Hall–Kier alpha value is -1.04. The first-order valence-electron chi connectivity index (χ1n) is 5.32. The van der Waals surface area contributed by atoms with E-state index in [0.717, 1.165) is 0 Å². The van der Waals surface area contributed by atoms with Crippen molar-refractivity contribution >= 4 is 0 Å². The Morgan fingerprint density at radius 2 is 1.00 bits per heavy atom. The van der Waals surface area contributed by atoms with Crippen molar-refractivity contribution in [3.05, 3.63) is 47.6 Å². The molecular formula is C14H24. The molecule has 0 saturated carbocycles. The summed E-state index contributed by atoms with van der Waals surface area (Å²) in [7, 11) is 0. The zero-order valence-electron chi connectivity index (χ0n) is 10.5. The summed E-state index contributed by atoms with van der Waals surface area (Å²) in [6, 6.07) is 0. The second-order valence-corrected chi connectivity index (χ2v) is 2.75. The second kappa shape index (κ2) is 12.0. The van der Waals surface area contributed by atoms with Crippen molar-refractivity contribution in [2.45, 2.75) is 41.5 Å². The van der Waals surface area contributed by atoms with Crippen LogP contribution in [-0.2, 0) is 0 Å². The maximum absolute atomic E-state index is 2.12. The van der Waals surface area contributed by atoms with Crippen LogP contribution < -0.4 is 0 Å². The Bertz CT molecular complexity index is 198. The third-order valence-corrected chi connectivity index (χ3v) is 1.70. The van der Waals surface area contributed by atoms with E-state index >= 15 is 0 Å². The van der Waals surface area contributed by atoms with E-state index in [2.05, 4.69) is 38.2 Å². The van der Waals surface area contributed by atoms with Gasteiger partial charge in [-0.2, -0.15) is 0 Å². The van der Waals surface area contributed by atoms with E-state index in [1.165, 1.54) is 11.1 Å². The van der Waals surface area contributed by atoms with Crippen molar-refractivity contribution in [2.24, 2.45) is 0 Å². The quantitative estimate of drug-likeness (QED) is 0.548. The van der Waals surface area contributed by atoms with Gasteiger partial charge in [-0.3, -0.25) is 0 Å². The Balaban J connectivity index is 0. The highest BCUT2D eigenvalue weighted by molar-refractivity contribution is 5.32. The molecule has 0 nitrogen and oxygen atoms in total. The van der Waals surface area contributed by atoms with Crippen molar-refractivity contribution in [2.75, 3.05) is 0 Å². The van der Waals surface area contributed by atoms with Crippen molar-refractivity contribution in [3.8, 4) is 0 Å². The lowest BCUT2D eigenvalue weighted by molar-refractivity contribution is 1.34. The Morgan fingerprint density at radius 1 is 0.714 bits per heavy atom. The van der Waals surface area contributed by atoms with Gasteiger partial charge in [-0.25, -0.2) is 0 Å². The highest BCUT2D eigenvalue weighted by Crippen LogP contribution is 2.07.